The monoisotopic (exact) mass is 604 g/mol. The van der Waals surface area contributed by atoms with Crippen LogP contribution >= 0.6 is 0 Å². The van der Waals surface area contributed by atoms with E-state index in [0.29, 0.717) is 39.3 Å². The van der Waals surface area contributed by atoms with Crippen molar-refractivity contribution in [1.29, 1.82) is 0 Å². The lowest BCUT2D eigenvalue weighted by atomic mass is 10.2. The second-order valence-electron chi connectivity index (χ2n) is 10.3. The van der Waals surface area contributed by atoms with E-state index in [0.717, 1.165) is 22.8 Å². The van der Waals surface area contributed by atoms with Crippen molar-refractivity contribution in [3.05, 3.63) is 144 Å². The smallest absolute Gasteiger partial charge is 0.343 e. The Kier molecular flexibility index (Phi) is 11.5. The van der Waals surface area contributed by atoms with Crippen LogP contribution in [0.1, 0.15) is 33.1 Å². The molecule has 1 aromatic carbocycles. The number of aromatic carboxylic acids is 1. The molecule has 0 aliphatic carbocycles. The number of carboxylic acid groups (broad SMARTS) is 1. The van der Waals surface area contributed by atoms with Crippen LogP contribution in [0.25, 0.3) is 0 Å². The standard InChI is InChI=1S/C35H36N6O4/c42-35(43)34-32(44-22-20-40(24-28-10-1-5-16-36-28)25-29-11-2-6-17-37-29)14-9-15-33(34)45-23-21-41(26-30-12-3-7-18-38-30)27-31-13-4-8-19-39-31/h1-19H,20-27H2,(H,42,43). The Morgan fingerprint density at radius 3 is 1.18 bits per heavy atom. The minimum Gasteiger partial charge on any atom is -0.491 e. The van der Waals surface area contributed by atoms with E-state index in [1.165, 1.54) is 0 Å². The SMILES string of the molecule is O=C(O)c1c(OCCN(Cc2ccccn2)Cc2ccccn2)cccc1OCCN(Cc1ccccn1)Cc1ccccn1. The van der Waals surface area contributed by atoms with Gasteiger partial charge in [0.15, 0.2) is 0 Å². The highest BCUT2D eigenvalue weighted by molar-refractivity contribution is 5.94. The predicted octanol–water partition coefficient (Wildman–Crippen LogP) is 5.13. The highest BCUT2D eigenvalue weighted by atomic mass is 16.5. The third-order valence-corrected chi connectivity index (χ3v) is 6.98. The Bertz CT molecular complexity index is 1400. The third kappa shape index (κ3) is 9.92. The van der Waals surface area contributed by atoms with Gasteiger partial charge in [-0.05, 0) is 60.7 Å². The molecule has 0 saturated heterocycles. The third-order valence-electron chi connectivity index (χ3n) is 6.98. The maximum Gasteiger partial charge on any atom is 0.343 e. The van der Waals surface area contributed by atoms with E-state index in [-0.39, 0.29) is 30.3 Å². The van der Waals surface area contributed by atoms with E-state index < -0.39 is 5.97 Å². The molecule has 230 valence electrons. The van der Waals surface area contributed by atoms with Crippen LogP contribution in [-0.2, 0) is 26.2 Å². The fourth-order valence-corrected chi connectivity index (χ4v) is 4.84. The number of hydrogen-bond acceptors (Lipinski definition) is 9. The van der Waals surface area contributed by atoms with Crippen molar-refractivity contribution >= 4 is 5.97 Å². The van der Waals surface area contributed by atoms with Gasteiger partial charge in [-0.2, -0.15) is 0 Å². The number of rotatable bonds is 17. The van der Waals surface area contributed by atoms with E-state index >= 15 is 0 Å². The number of nitrogens with zero attached hydrogens (tertiary/aromatic N) is 6. The number of carboxylic acids is 1. The first kappa shape index (κ1) is 31.2. The van der Waals surface area contributed by atoms with Crippen molar-refractivity contribution < 1.29 is 19.4 Å². The minimum atomic E-state index is -1.11. The quantitative estimate of drug-likeness (QED) is 0.153. The maximum absolute atomic E-state index is 12.4. The largest absolute Gasteiger partial charge is 0.491 e. The molecule has 0 spiro atoms. The highest BCUT2D eigenvalue weighted by Crippen LogP contribution is 2.29. The van der Waals surface area contributed by atoms with Crippen molar-refractivity contribution in [2.75, 3.05) is 26.3 Å². The van der Waals surface area contributed by atoms with Crippen LogP contribution in [0, 0.1) is 0 Å². The molecule has 0 aliphatic rings. The molecule has 45 heavy (non-hydrogen) atoms. The molecule has 4 aromatic heterocycles. The average Bonchev–Trinajstić information content (AvgIpc) is 3.06. The Hall–Kier alpha value is -5.19. The number of carbonyl (C=O) groups is 1. The van der Waals surface area contributed by atoms with Crippen molar-refractivity contribution in [3.8, 4) is 11.5 Å². The topological polar surface area (TPSA) is 114 Å². The zero-order chi connectivity index (χ0) is 31.1. The van der Waals surface area contributed by atoms with Gasteiger partial charge in [0.05, 0.1) is 22.8 Å². The first-order chi connectivity index (χ1) is 22.1. The summed E-state index contributed by atoms with van der Waals surface area (Å²) in [4.78, 5) is 34.5. The molecule has 10 heteroatoms. The minimum absolute atomic E-state index is 0.000459. The fourth-order valence-electron chi connectivity index (χ4n) is 4.84. The first-order valence-corrected chi connectivity index (χ1v) is 14.8. The summed E-state index contributed by atoms with van der Waals surface area (Å²) < 4.78 is 12.1. The Balaban J connectivity index is 1.22. The summed E-state index contributed by atoms with van der Waals surface area (Å²) in [6, 6.07) is 28.3. The van der Waals surface area contributed by atoms with Crippen LogP contribution in [0.2, 0.25) is 0 Å². The van der Waals surface area contributed by atoms with Crippen LogP contribution < -0.4 is 9.47 Å². The van der Waals surface area contributed by atoms with Crippen LogP contribution in [0.4, 0.5) is 0 Å². The van der Waals surface area contributed by atoms with E-state index in [1.807, 2.05) is 72.8 Å². The van der Waals surface area contributed by atoms with Gasteiger partial charge in [-0.3, -0.25) is 29.7 Å². The van der Waals surface area contributed by atoms with Crippen molar-refractivity contribution in [2.24, 2.45) is 0 Å². The molecule has 0 fully saturated rings. The molecule has 0 aliphatic heterocycles. The van der Waals surface area contributed by atoms with Crippen molar-refractivity contribution in [3.63, 3.8) is 0 Å². The lowest BCUT2D eigenvalue weighted by Crippen LogP contribution is -2.29. The average molecular weight is 605 g/mol. The summed E-state index contributed by atoms with van der Waals surface area (Å²) in [7, 11) is 0. The van der Waals surface area contributed by atoms with E-state index in [9.17, 15) is 9.90 Å². The van der Waals surface area contributed by atoms with Gasteiger partial charge in [-0.1, -0.05) is 30.3 Å². The van der Waals surface area contributed by atoms with Crippen LogP contribution in [0.5, 0.6) is 11.5 Å². The fraction of sp³-hybridized carbons (Fsp3) is 0.229. The van der Waals surface area contributed by atoms with Gasteiger partial charge < -0.3 is 14.6 Å². The molecule has 4 heterocycles. The zero-order valence-corrected chi connectivity index (χ0v) is 25.0. The van der Waals surface area contributed by atoms with Gasteiger partial charge >= 0.3 is 5.97 Å². The highest BCUT2D eigenvalue weighted by Gasteiger charge is 2.19. The molecule has 5 rings (SSSR count). The molecule has 0 atom stereocenters. The zero-order valence-electron chi connectivity index (χ0n) is 25.0. The first-order valence-electron chi connectivity index (χ1n) is 14.8. The molecule has 0 radical (unpaired) electrons. The van der Waals surface area contributed by atoms with Gasteiger partial charge in [0.25, 0.3) is 0 Å². The number of benzene rings is 1. The summed E-state index contributed by atoms with van der Waals surface area (Å²) in [5, 5.41) is 10.1. The van der Waals surface area contributed by atoms with Crippen LogP contribution in [-0.4, -0.2) is 67.1 Å². The van der Waals surface area contributed by atoms with Gasteiger partial charge in [0.1, 0.15) is 30.3 Å². The molecule has 0 saturated carbocycles. The lowest BCUT2D eigenvalue weighted by molar-refractivity contribution is 0.0685. The molecule has 10 nitrogen and oxygen atoms in total. The van der Waals surface area contributed by atoms with Crippen molar-refractivity contribution in [1.82, 2.24) is 29.7 Å². The molecular weight excluding hydrogens is 568 g/mol. The van der Waals surface area contributed by atoms with Gasteiger partial charge in [-0.25, -0.2) is 4.79 Å². The van der Waals surface area contributed by atoms with Crippen molar-refractivity contribution in [2.45, 2.75) is 26.2 Å². The normalized spacial score (nSPS) is 11.1. The van der Waals surface area contributed by atoms with E-state index in [1.54, 1.807) is 43.0 Å². The lowest BCUT2D eigenvalue weighted by Gasteiger charge is -2.23. The molecule has 0 bridgehead atoms. The molecule has 1 N–H and O–H groups in total. The number of aromatic nitrogens is 4. The van der Waals surface area contributed by atoms with Gasteiger partial charge in [-0.15, -0.1) is 0 Å². The Morgan fingerprint density at radius 2 is 0.889 bits per heavy atom. The number of pyridine rings is 4. The molecule has 5 aromatic rings. The Morgan fingerprint density at radius 1 is 0.533 bits per heavy atom. The summed E-state index contributed by atoms with van der Waals surface area (Å²) in [6.45, 7) is 4.01. The summed E-state index contributed by atoms with van der Waals surface area (Å²) in [5.41, 5.74) is 3.70. The van der Waals surface area contributed by atoms with E-state index in [4.69, 9.17) is 9.47 Å². The predicted molar refractivity (Wildman–Crippen MR) is 170 cm³/mol. The number of ether oxygens (including phenoxy) is 2. The van der Waals surface area contributed by atoms with Gasteiger partial charge in [0, 0.05) is 64.1 Å². The molecule has 0 amide bonds. The number of hydrogen-bond donors (Lipinski definition) is 1. The second kappa shape index (κ2) is 16.6. The Labute approximate surface area is 263 Å². The van der Waals surface area contributed by atoms with Crippen LogP contribution in [0.3, 0.4) is 0 Å². The summed E-state index contributed by atoms with van der Waals surface area (Å²) in [6.07, 6.45) is 7.08. The summed E-state index contributed by atoms with van der Waals surface area (Å²) in [5.74, 6) is -0.595. The summed E-state index contributed by atoms with van der Waals surface area (Å²) >= 11 is 0. The maximum atomic E-state index is 12.4. The molecular formula is C35H36N6O4. The van der Waals surface area contributed by atoms with E-state index in [2.05, 4.69) is 29.7 Å². The second-order valence-corrected chi connectivity index (χ2v) is 10.3. The van der Waals surface area contributed by atoms with Gasteiger partial charge in [0.2, 0.25) is 0 Å². The molecule has 0 unspecified atom stereocenters. The van der Waals surface area contributed by atoms with Crippen LogP contribution in [0.15, 0.2) is 116 Å².